The molecule has 7 atom stereocenters. The van der Waals surface area contributed by atoms with Gasteiger partial charge in [0.15, 0.2) is 22.9 Å². The largest absolute Gasteiger partial charge is 0.497 e. The van der Waals surface area contributed by atoms with Crippen LogP contribution in [0, 0.1) is 5.92 Å². The summed E-state index contributed by atoms with van der Waals surface area (Å²) in [6, 6.07) is 15.0. The fourth-order valence-electron chi connectivity index (χ4n) is 7.08. The van der Waals surface area contributed by atoms with Crippen LogP contribution in [0.4, 0.5) is 4.79 Å². The second-order valence-corrected chi connectivity index (χ2v) is 30.3. The van der Waals surface area contributed by atoms with Gasteiger partial charge in [0, 0.05) is 18.8 Å². The van der Waals surface area contributed by atoms with Gasteiger partial charge < -0.3 is 49.2 Å². The summed E-state index contributed by atoms with van der Waals surface area (Å²) in [7, 11) is -3.95. The molecule has 372 valence electrons. The highest BCUT2D eigenvalue weighted by molar-refractivity contribution is 6.74. The van der Waals surface area contributed by atoms with E-state index in [4.69, 9.17) is 23.1 Å². The van der Waals surface area contributed by atoms with Crippen molar-refractivity contribution in [1.29, 1.82) is 0 Å². The number of rotatable bonds is 22. The first-order chi connectivity index (χ1) is 31.2. The van der Waals surface area contributed by atoms with Gasteiger partial charge in [0.05, 0.1) is 13.7 Å². The predicted molar refractivity (Wildman–Crippen MR) is 261 cm³/mol. The van der Waals surface area contributed by atoms with Gasteiger partial charge in [-0.15, -0.1) is 0 Å². The van der Waals surface area contributed by atoms with E-state index in [-0.39, 0.29) is 48.7 Å². The number of ether oxygens (including phenoxy) is 3. The summed E-state index contributed by atoms with van der Waals surface area (Å²) in [4.78, 5) is 66.8. The van der Waals surface area contributed by atoms with Gasteiger partial charge in [0.1, 0.15) is 48.9 Å². The van der Waals surface area contributed by atoms with Crippen molar-refractivity contribution in [3.8, 4) is 5.75 Å². The number of alkyl carbamates (subject to hydrolysis) is 1. The number of carbonyl (C=O) groups excluding carboxylic acids is 2. The molecule has 5 N–H and O–H groups in total. The maximum Gasteiger partial charge on any atom is 0.408 e. The molecule has 1 aliphatic rings. The molecule has 4 rings (SSSR count). The molecule has 1 saturated heterocycles. The Morgan fingerprint density at radius 2 is 1.43 bits per heavy atom. The number of carboxylic acid groups (broad SMARTS) is 1. The van der Waals surface area contributed by atoms with Crippen LogP contribution in [-0.4, -0.2) is 111 Å². The molecule has 0 bridgehead atoms. The number of aliphatic carboxylic acids is 1. The standard InChI is InChI=1S/C48H75N5O12Si2/c1-31(2)28-35(51-45(59)62-30-33-18-15-14-16-19-33)42(56)50-26-17-25-49-37(44(57)58)38(55)39-40(64-66(10,11)47(3,4)5)41(65-67(12,13)48(6,7)8)43(63-39)52-27-24-36(54)53(46(52)60)29-32-20-22-34(61-9)23-21-32/h14-16,18-24,27,31,35,37-41,43,49,55H,17,25-26,28-30H2,1-13H3,(H,50,56)(H,51,59)(H,57,58)/t35-,37+,38-,39?,40-,41-,43-/m1/s1. The first kappa shape index (κ1) is 55.0. The van der Waals surface area contributed by atoms with Gasteiger partial charge in [-0.05, 0) is 84.8 Å². The Balaban J connectivity index is 1.61. The molecule has 3 aromatic rings. The van der Waals surface area contributed by atoms with Crippen LogP contribution >= 0.6 is 0 Å². The van der Waals surface area contributed by atoms with Gasteiger partial charge in [-0.1, -0.05) is 97.9 Å². The molecule has 17 nitrogen and oxygen atoms in total. The van der Waals surface area contributed by atoms with E-state index in [1.165, 1.54) is 16.8 Å². The number of amides is 2. The second kappa shape index (κ2) is 23.1. The van der Waals surface area contributed by atoms with E-state index in [0.29, 0.717) is 17.7 Å². The Kier molecular flexibility index (Phi) is 19.0. The molecule has 1 aromatic heterocycles. The molecule has 2 amide bonds. The Morgan fingerprint density at radius 1 is 0.836 bits per heavy atom. The number of aliphatic hydroxyl groups is 1. The van der Waals surface area contributed by atoms with Crippen LogP contribution in [0.25, 0.3) is 0 Å². The average molecular weight is 970 g/mol. The molecule has 0 saturated carbocycles. The van der Waals surface area contributed by atoms with Crippen molar-refractivity contribution in [3.63, 3.8) is 0 Å². The number of carboxylic acids is 1. The minimum atomic E-state index is -2.75. The molecule has 1 aliphatic heterocycles. The van der Waals surface area contributed by atoms with Crippen LogP contribution in [0.15, 0.2) is 76.4 Å². The summed E-state index contributed by atoms with van der Waals surface area (Å²) >= 11 is 0. The van der Waals surface area contributed by atoms with Crippen LogP contribution in [0.1, 0.15) is 85.6 Å². The lowest BCUT2D eigenvalue weighted by Crippen LogP contribution is -2.59. The van der Waals surface area contributed by atoms with Crippen LogP contribution in [0.3, 0.4) is 0 Å². The van der Waals surface area contributed by atoms with Gasteiger partial charge in [-0.25, -0.2) is 9.59 Å². The van der Waals surface area contributed by atoms with E-state index >= 15 is 0 Å². The van der Waals surface area contributed by atoms with Crippen molar-refractivity contribution < 1.29 is 47.7 Å². The monoisotopic (exact) mass is 969 g/mol. The highest BCUT2D eigenvalue weighted by Crippen LogP contribution is 2.46. The molecule has 2 heterocycles. The number of hydrogen-bond acceptors (Lipinski definition) is 12. The fourth-order valence-corrected chi connectivity index (χ4v) is 9.66. The van der Waals surface area contributed by atoms with Crippen molar-refractivity contribution in [3.05, 3.63) is 98.8 Å². The molecule has 19 heteroatoms. The lowest BCUT2D eigenvalue weighted by Gasteiger charge is -2.44. The first-order valence-corrected chi connectivity index (χ1v) is 28.8. The SMILES string of the molecule is COc1ccc(Cn2c(=O)ccn([C@@H]3OC([C@H](O)[C@H](NCCCNC(=O)[C@@H](CC(C)C)NC(=O)OCc4ccccc4)C(=O)O)[C@@H](O[Si](C)(C)C(C)(C)C)[C@H]3O[Si](C)(C)C(C)(C)C)c2=O)cc1. The number of benzene rings is 2. The Hall–Kier alpha value is -4.64. The van der Waals surface area contributed by atoms with Gasteiger partial charge in [0.2, 0.25) is 5.91 Å². The number of carbonyl (C=O) groups is 3. The summed E-state index contributed by atoms with van der Waals surface area (Å²) in [5.74, 6) is -1.10. The van der Waals surface area contributed by atoms with E-state index in [2.05, 4.69) is 57.5 Å². The number of hydrogen-bond donors (Lipinski definition) is 5. The van der Waals surface area contributed by atoms with Crippen molar-refractivity contribution in [2.45, 2.75) is 160 Å². The second-order valence-electron chi connectivity index (χ2n) is 20.7. The zero-order chi connectivity index (χ0) is 50.1. The lowest BCUT2D eigenvalue weighted by molar-refractivity contribution is -0.149. The van der Waals surface area contributed by atoms with E-state index in [1.807, 2.05) is 70.4 Å². The molecular weight excluding hydrogens is 895 g/mol. The zero-order valence-electron chi connectivity index (χ0n) is 41.6. The van der Waals surface area contributed by atoms with E-state index in [9.17, 15) is 34.2 Å². The highest BCUT2D eigenvalue weighted by Gasteiger charge is 2.57. The zero-order valence-corrected chi connectivity index (χ0v) is 43.6. The quantitative estimate of drug-likeness (QED) is 0.0578. The molecule has 0 aliphatic carbocycles. The van der Waals surface area contributed by atoms with Crippen LogP contribution in [-0.2, 0) is 41.1 Å². The topological polar surface area (TPSA) is 218 Å². The summed E-state index contributed by atoms with van der Waals surface area (Å²) in [5, 5.41) is 30.6. The van der Waals surface area contributed by atoms with E-state index in [1.54, 1.807) is 31.4 Å². The molecule has 2 aromatic carbocycles. The third-order valence-electron chi connectivity index (χ3n) is 13.1. The maximum absolute atomic E-state index is 14.5. The highest BCUT2D eigenvalue weighted by atomic mass is 28.4. The third kappa shape index (κ3) is 14.7. The number of aliphatic hydroxyl groups excluding tert-OH is 1. The van der Waals surface area contributed by atoms with Crippen LogP contribution < -0.4 is 31.9 Å². The summed E-state index contributed by atoms with van der Waals surface area (Å²) < 4.78 is 33.9. The molecule has 1 fully saturated rings. The maximum atomic E-state index is 14.5. The van der Waals surface area contributed by atoms with Crippen molar-refractivity contribution in [2.75, 3.05) is 20.2 Å². The Morgan fingerprint density at radius 3 is 1.99 bits per heavy atom. The first-order valence-electron chi connectivity index (χ1n) is 23.0. The Labute approximate surface area is 397 Å². The molecule has 0 spiro atoms. The van der Waals surface area contributed by atoms with Crippen molar-refractivity contribution >= 4 is 34.6 Å². The number of methoxy groups -OCH3 is 1. The molecule has 0 radical (unpaired) electrons. The van der Waals surface area contributed by atoms with Gasteiger partial charge in [-0.2, -0.15) is 0 Å². The number of nitrogens with one attached hydrogen (secondary N) is 3. The fraction of sp³-hybridized carbons (Fsp3) is 0.604. The van der Waals surface area contributed by atoms with Gasteiger partial charge >= 0.3 is 17.8 Å². The summed E-state index contributed by atoms with van der Waals surface area (Å²) in [6.07, 6.45) is -5.16. The summed E-state index contributed by atoms with van der Waals surface area (Å²) in [5.41, 5.74) is 0.245. The van der Waals surface area contributed by atoms with Crippen molar-refractivity contribution in [1.82, 2.24) is 25.1 Å². The third-order valence-corrected chi connectivity index (χ3v) is 22.0. The van der Waals surface area contributed by atoms with Crippen LogP contribution in [0.2, 0.25) is 36.3 Å². The minimum Gasteiger partial charge on any atom is -0.497 e. The van der Waals surface area contributed by atoms with Crippen LogP contribution in [0.5, 0.6) is 5.75 Å². The smallest absolute Gasteiger partial charge is 0.408 e. The lowest BCUT2D eigenvalue weighted by atomic mass is 9.99. The minimum absolute atomic E-state index is 0.0450. The number of aromatic nitrogens is 2. The van der Waals surface area contributed by atoms with Gasteiger partial charge in [-0.3, -0.25) is 23.5 Å². The van der Waals surface area contributed by atoms with E-state index in [0.717, 1.165) is 10.1 Å². The van der Waals surface area contributed by atoms with E-state index < -0.39 is 88.6 Å². The normalized spacial score (nSPS) is 19.4. The Bertz CT molecular complexity index is 2220. The predicted octanol–water partition coefficient (Wildman–Crippen LogP) is 6.00. The van der Waals surface area contributed by atoms with Crippen molar-refractivity contribution in [2.24, 2.45) is 5.92 Å². The van der Waals surface area contributed by atoms with Gasteiger partial charge in [0.25, 0.3) is 5.56 Å². The average Bonchev–Trinajstić information content (AvgIpc) is 3.57. The molecule has 67 heavy (non-hydrogen) atoms. The summed E-state index contributed by atoms with van der Waals surface area (Å²) in [6.45, 7) is 24.5. The number of nitrogens with zero attached hydrogens (tertiary/aromatic N) is 2. The molecule has 1 unspecified atom stereocenters. The molecular formula is C48H75N5O12Si2.